The quantitative estimate of drug-likeness (QED) is 0.765. The van der Waals surface area contributed by atoms with Crippen molar-refractivity contribution in [1.29, 1.82) is 0 Å². The molecule has 0 spiro atoms. The molecule has 6 heteroatoms. The Labute approximate surface area is 135 Å². The maximum absolute atomic E-state index is 12.4. The van der Waals surface area contributed by atoms with Crippen molar-refractivity contribution in [2.45, 2.75) is 32.2 Å². The van der Waals surface area contributed by atoms with E-state index in [2.05, 4.69) is 15.5 Å². The lowest BCUT2D eigenvalue weighted by molar-refractivity contribution is 0.0890. The van der Waals surface area contributed by atoms with E-state index in [1.165, 1.54) is 0 Å². The van der Waals surface area contributed by atoms with Crippen LogP contribution in [0.3, 0.4) is 0 Å². The molecule has 0 atom stereocenters. The van der Waals surface area contributed by atoms with Crippen molar-refractivity contribution in [3.8, 4) is 11.3 Å². The van der Waals surface area contributed by atoms with E-state index in [0.29, 0.717) is 23.0 Å². The Bertz CT molecular complexity index is 641. The number of nitrogens with one attached hydrogen (secondary N) is 2. The summed E-state index contributed by atoms with van der Waals surface area (Å²) in [5, 5.41) is 10.5. The molecule has 1 amide bonds. The maximum atomic E-state index is 12.4. The summed E-state index contributed by atoms with van der Waals surface area (Å²) >= 11 is 6.15. The Balaban J connectivity index is 2.21. The summed E-state index contributed by atoms with van der Waals surface area (Å²) in [6, 6.07) is 9.08. The molecule has 1 aromatic heterocycles. The number of nitrogens with zero attached hydrogens (tertiary/aromatic N) is 1. The molecule has 0 saturated carbocycles. The number of hydrogen-bond acceptors (Lipinski definition) is 3. The molecule has 0 aliphatic heterocycles. The minimum atomic E-state index is -0.382. The number of H-pyrrole nitrogens is 1. The molecule has 0 aliphatic rings. The minimum Gasteiger partial charge on any atom is -0.344 e. The van der Waals surface area contributed by atoms with E-state index in [4.69, 9.17) is 17.3 Å². The molecule has 0 radical (unpaired) electrons. The summed E-state index contributed by atoms with van der Waals surface area (Å²) in [4.78, 5) is 12.4. The predicted octanol–water partition coefficient (Wildman–Crippen LogP) is 2.98. The highest BCUT2D eigenvalue weighted by Gasteiger charge is 2.27. The lowest BCUT2D eigenvalue weighted by Gasteiger charge is -2.31. The molecular weight excluding hydrogens is 300 g/mol. The number of aromatic nitrogens is 2. The van der Waals surface area contributed by atoms with Gasteiger partial charge in [-0.15, -0.1) is 0 Å². The average Bonchev–Trinajstić information content (AvgIpc) is 3.03. The fourth-order valence-electron chi connectivity index (χ4n) is 2.32. The first kappa shape index (κ1) is 16.5. The molecule has 22 heavy (non-hydrogen) atoms. The van der Waals surface area contributed by atoms with Gasteiger partial charge in [-0.25, -0.2) is 0 Å². The van der Waals surface area contributed by atoms with E-state index in [1.54, 1.807) is 12.1 Å². The Hall–Kier alpha value is -1.85. The molecule has 0 unspecified atom stereocenters. The van der Waals surface area contributed by atoms with Crippen LogP contribution in [0.25, 0.3) is 11.3 Å². The van der Waals surface area contributed by atoms with E-state index >= 15 is 0 Å². The number of amides is 1. The predicted molar refractivity (Wildman–Crippen MR) is 88.9 cm³/mol. The van der Waals surface area contributed by atoms with Gasteiger partial charge >= 0.3 is 0 Å². The number of benzene rings is 1. The smallest absolute Gasteiger partial charge is 0.269 e. The fraction of sp³-hybridized carbons (Fsp3) is 0.375. The SMILES string of the molecule is CCC(CC)(CN)NC(=O)c1cc(-c2ccccc2Cl)n[nH]1. The molecule has 0 aliphatic carbocycles. The zero-order valence-corrected chi connectivity index (χ0v) is 13.6. The van der Waals surface area contributed by atoms with Gasteiger partial charge in [0.1, 0.15) is 5.69 Å². The van der Waals surface area contributed by atoms with Crippen molar-refractivity contribution in [2.24, 2.45) is 5.73 Å². The summed E-state index contributed by atoms with van der Waals surface area (Å²) in [6.07, 6.45) is 1.55. The second kappa shape index (κ2) is 6.94. The third-order valence-corrected chi connectivity index (χ3v) is 4.42. The first-order valence-electron chi connectivity index (χ1n) is 7.38. The lowest BCUT2D eigenvalue weighted by atomic mass is 9.93. The molecule has 2 aromatic rings. The molecule has 0 bridgehead atoms. The van der Waals surface area contributed by atoms with E-state index in [0.717, 1.165) is 18.4 Å². The van der Waals surface area contributed by atoms with Crippen molar-refractivity contribution in [3.05, 3.63) is 41.0 Å². The van der Waals surface area contributed by atoms with Crippen LogP contribution in [-0.4, -0.2) is 28.2 Å². The van der Waals surface area contributed by atoms with E-state index in [-0.39, 0.29) is 11.4 Å². The van der Waals surface area contributed by atoms with Gasteiger partial charge in [-0.3, -0.25) is 9.89 Å². The van der Waals surface area contributed by atoms with Crippen LogP contribution in [0.1, 0.15) is 37.2 Å². The van der Waals surface area contributed by atoms with Crippen molar-refractivity contribution in [3.63, 3.8) is 0 Å². The van der Waals surface area contributed by atoms with Gasteiger partial charge in [-0.2, -0.15) is 5.10 Å². The van der Waals surface area contributed by atoms with Crippen LogP contribution in [0.2, 0.25) is 5.02 Å². The number of halogens is 1. The van der Waals surface area contributed by atoms with Crippen LogP contribution in [0, 0.1) is 0 Å². The van der Waals surface area contributed by atoms with Crippen molar-refractivity contribution in [2.75, 3.05) is 6.54 Å². The van der Waals surface area contributed by atoms with Crippen LogP contribution >= 0.6 is 11.6 Å². The maximum Gasteiger partial charge on any atom is 0.269 e. The normalized spacial score (nSPS) is 11.5. The van der Waals surface area contributed by atoms with Crippen molar-refractivity contribution >= 4 is 17.5 Å². The van der Waals surface area contributed by atoms with Crippen LogP contribution < -0.4 is 11.1 Å². The molecule has 1 heterocycles. The van der Waals surface area contributed by atoms with E-state index in [1.807, 2.05) is 32.0 Å². The third kappa shape index (κ3) is 3.31. The first-order chi connectivity index (χ1) is 10.5. The second-order valence-electron chi connectivity index (χ2n) is 5.29. The monoisotopic (exact) mass is 320 g/mol. The highest BCUT2D eigenvalue weighted by atomic mass is 35.5. The lowest BCUT2D eigenvalue weighted by Crippen LogP contribution is -2.52. The van der Waals surface area contributed by atoms with Gasteiger partial charge in [0.15, 0.2) is 0 Å². The molecule has 1 aromatic carbocycles. The number of carbonyl (C=O) groups excluding carboxylic acids is 1. The Kier molecular flexibility index (Phi) is 5.21. The molecule has 0 saturated heterocycles. The summed E-state index contributed by atoms with van der Waals surface area (Å²) in [5.41, 5.74) is 7.26. The topological polar surface area (TPSA) is 83.8 Å². The van der Waals surface area contributed by atoms with Gasteiger partial charge < -0.3 is 11.1 Å². The minimum absolute atomic E-state index is 0.208. The van der Waals surface area contributed by atoms with E-state index in [9.17, 15) is 4.79 Å². The standard InChI is InChI=1S/C16H21ClN4O/c1-3-16(4-2,10-18)19-15(22)14-9-13(20-21-14)11-7-5-6-8-12(11)17/h5-9H,3-4,10,18H2,1-2H3,(H,19,22)(H,20,21). The molecule has 0 fully saturated rings. The van der Waals surface area contributed by atoms with Crippen LogP contribution in [-0.2, 0) is 0 Å². The zero-order chi connectivity index (χ0) is 16.2. The summed E-state index contributed by atoms with van der Waals surface area (Å²) < 4.78 is 0. The Morgan fingerprint density at radius 1 is 1.36 bits per heavy atom. The molecule has 4 N–H and O–H groups in total. The van der Waals surface area contributed by atoms with Gasteiger partial charge in [0.05, 0.1) is 16.3 Å². The molecule has 118 valence electrons. The third-order valence-electron chi connectivity index (χ3n) is 4.10. The Morgan fingerprint density at radius 3 is 2.64 bits per heavy atom. The summed E-state index contributed by atoms with van der Waals surface area (Å²) in [5.74, 6) is -0.208. The number of carbonyl (C=O) groups is 1. The van der Waals surface area contributed by atoms with Gasteiger partial charge in [-0.05, 0) is 25.0 Å². The highest BCUT2D eigenvalue weighted by molar-refractivity contribution is 6.33. The first-order valence-corrected chi connectivity index (χ1v) is 7.76. The van der Waals surface area contributed by atoms with Crippen LogP contribution in [0.4, 0.5) is 0 Å². The largest absolute Gasteiger partial charge is 0.344 e. The number of aromatic amines is 1. The Morgan fingerprint density at radius 2 is 2.05 bits per heavy atom. The fourth-order valence-corrected chi connectivity index (χ4v) is 2.55. The number of nitrogens with two attached hydrogens (primary N) is 1. The van der Waals surface area contributed by atoms with E-state index < -0.39 is 0 Å². The van der Waals surface area contributed by atoms with Gasteiger partial charge in [0, 0.05) is 12.1 Å². The van der Waals surface area contributed by atoms with Crippen molar-refractivity contribution < 1.29 is 4.79 Å². The van der Waals surface area contributed by atoms with Gasteiger partial charge in [-0.1, -0.05) is 43.6 Å². The number of rotatable bonds is 6. The second-order valence-corrected chi connectivity index (χ2v) is 5.70. The van der Waals surface area contributed by atoms with Crippen molar-refractivity contribution in [1.82, 2.24) is 15.5 Å². The molecular formula is C16H21ClN4O. The highest BCUT2D eigenvalue weighted by Crippen LogP contribution is 2.26. The average molecular weight is 321 g/mol. The van der Waals surface area contributed by atoms with Gasteiger partial charge in [0.25, 0.3) is 5.91 Å². The van der Waals surface area contributed by atoms with Crippen LogP contribution in [0.15, 0.2) is 30.3 Å². The van der Waals surface area contributed by atoms with Crippen LogP contribution in [0.5, 0.6) is 0 Å². The summed E-state index contributed by atoms with van der Waals surface area (Å²) in [7, 11) is 0. The zero-order valence-electron chi connectivity index (χ0n) is 12.8. The molecule has 5 nitrogen and oxygen atoms in total. The number of hydrogen-bond donors (Lipinski definition) is 3. The summed E-state index contributed by atoms with van der Waals surface area (Å²) in [6.45, 7) is 4.43. The molecule has 2 rings (SSSR count). The van der Waals surface area contributed by atoms with Gasteiger partial charge in [0.2, 0.25) is 0 Å².